The number of aryl methyl sites for hydroxylation is 1. The predicted octanol–water partition coefficient (Wildman–Crippen LogP) is 0.944. The van der Waals surface area contributed by atoms with Gasteiger partial charge in [-0.1, -0.05) is 29.8 Å². The third-order valence-electron chi connectivity index (χ3n) is 3.11. The van der Waals surface area contributed by atoms with Crippen LogP contribution in [0.3, 0.4) is 0 Å². The number of hydrogen-bond acceptors (Lipinski definition) is 3. The SMILES string of the molecule is Cc1ccc(CN2CC(=O)N(O)C(C)C2=O)cc1. The van der Waals surface area contributed by atoms with Gasteiger partial charge in [-0.15, -0.1) is 0 Å². The normalized spacial score (nSPS) is 20.5. The number of benzene rings is 1. The number of nitrogens with zero attached hydrogens (tertiary/aromatic N) is 2. The zero-order chi connectivity index (χ0) is 13.3. The molecule has 0 saturated carbocycles. The summed E-state index contributed by atoms with van der Waals surface area (Å²) >= 11 is 0. The third kappa shape index (κ3) is 2.36. The van der Waals surface area contributed by atoms with Crippen molar-refractivity contribution in [3.63, 3.8) is 0 Å². The van der Waals surface area contributed by atoms with Gasteiger partial charge in [0.05, 0.1) is 0 Å². The van der Waals surface area contributed by atoms with Crippen LogP contribution in [0.15, 0.2) is 24.3 Å². The van der Waals surface area contributed by atoms with Crippen LogP contribution in [0.1, 0.15) is 18.1 Å². The van der Waals surface area contributed by atoms with E-state index in [1.54, 1.807) is 0 Å². The topological polar surface area (TPSA) is 60.9 Å². The molecule has 1 atom stereocenters. The van der Waals surface area contributed by atoms with E-state index in [2.05, 4.69) is 0 Å². The lowest BCUT2D eigenvalue weighted by molar-refractivity contribution is -0.192. The molecular formula is C13H16N2O3. The van der Waals surface area contributed by atoms with E-state index in [4.69, 9.17) is 0 Å². The molecule has 0 bridgehead atoms. The van der Waals surface area contributed by atoms with E-state index in [1.807, 2.05) is 31.2 Å². The zero-order valence-corrected chi connectivity index (χ0v) is 10.5. The monoisotopic (exact) mass is 248 g/mol. The molecule has 2 rings (SSSR count). The fourth-order valence-electron chi connectivity index (χ4n) is 1.95. The Balaban J connectivity index is 2.11. The second kappa shape index (κ2) is 4.78. The lowest BCUT2D eigenvalue weighted by Gasteiger charge is -2.34. The van der Waals surface area contributed by atoms with Gasteiger partial charge < -0.3 is 4.90 Å². The molecule has 5 heteroatoms. The maximum absolute atomic E-state index is 11.9. The minimum atomic E-state index is -0.809. The highest BCUT2D eigenvalue weighted by molar-refractivity contribution is 5.93. The van der Waals surface area contributed by atoms with Crippen LogP contribution in [-0.2, 0) is 16.1 Å². The van der Waals surface area contributed by atoms with E-state index in [1.165, 1.54) is 11.8 Å². The first-order chi connectivity index (χ1) is 8.49. The van der Waals surface area contributed by atoms with E-state index in [0.29, 0.717) is 11.6 Å². The van der Waals surface area contributed by atoms with E-state index in [0.717, 1.165) is 11.1 Å². The fraction of sp³-hybridized carbons (Fsp3) is 0.385. The first kappa shape index (κ1) is 12.6. The van der Waals surface area contributed by atoms with Crippen LogP contribution >= 0.6 is 0 Å². The van der Waals surface area contributed by atoms with Crippen molar-refractivity contribution in [3.8, 4) is 0 Å². The number of hydroxylamine groups is 2. The van der Waals surface area contributed by atoms with E-state index in [-0.39, 0.29) is 12.5 Å². The molecule has 1 aromatic rings. The van der Waals surface area contributed by atoms with Crippen LogP contribution in [-0.4, -0.2) is 39.6 Å². The van der Waals surface area contributed by atoms with Crippen LogP contribution in [0, 0.1) is 6.92 Å². The molecular weight excluding hydrogens is 232 g/mol. The minimum absolute atomic E-state index is 0.0758. The zero-order valence-electron chi connectivity index (χ0n) is 10.5. The van der Waals surface area contributed by atoms with Crippen molar-refractivity contribution in [2.75, 3.05) is 6.54 Å². The van der Waals surface area contributed by atoms with Crippen molar-refractivity contribution >= 4 is 11.8 Å². The second-order valence-electron chi connectivity index (χ2n) is 4.59. The van der Waals surface area contributed by atoms with Gasteiger partial charge in [0.15, 0.2) is 0 Å². The highest BCUT2D eigenvalue weighted by Crippen LogP contribution is 2.14. The van der Waals surface area contributed by atoms with Gasteiger partial charge in [-0.05, 0) is 19.4 Å². The van der Waals surface area contributed by atoms with Crippen LogP contribution in [0.5, 0.6) is 0 Å². The Kier molecular flexibility index (Phi) is 3.34. The summed E-state index contributed by atoms with van der Waals surface area (Å²) in [5, 5.41) is 9.88. The van der Waals surface area contributed by atoms with Gasteiger partial charge in [0.2, 0.25) is 5.91 Å². The third-order valence-corrected chi connectivity index (χ3v) is 3.11. The first-order valence-electron chi connectivity index (χ1n) is 5.84. The summed E-state index contributed by atoms with van der Waals surface area (Å²) in [5.41, 5.74) is 2.12. The molecule has 2 amide bonds. The number of hydrogen-bond donors (Lipinski definition) is 1. The highest BCUT2D eigenvalue weighted by atomic mass is 16.5. The highest BCUT2D eigenvalue weighted by Gasteiger charge is 2.35. The summed E-state index contributed by atoms with van der Waals surface area (Å²) in [6, 6.07) is 6.99. The molecule has 0 aliphatic carbocycles. The molecule has 1 saturated heterocycles. The fourth-order valence-corrected chi connectivity index (χ4v) is 1.95. The van der Waals surface area contributed by atoms with Crippen LogP contribution < -0.4 is 0 Å². The lowest BCUT2D eigenvalue weighted by atomic mass is 10.1. The number of carbonyl (C=O) groups excluding carboxylic acids is 2. The van der Waals surface area contributed by atoms with Gasteiger partial charge in [-0.2, -0.15) is 0 Å². The van der Waals surface area contributed by atoms with E-state index >= 15 is 0 Å². The largest absolute Gasteiger partial charge is 0.327 e. The maximum Gasteiger partial charge on any atom is 0.266 e. The Bertz CT molecular complexity index is 470. The van der Waals surface area contributed by atoms with Crippen molar-refractivity contribution in [1.82, 2.24) is 9.96 Å². The van der Waals surface area contributed by atoms with Gasteiger partial charge in [-0.3, -0.25) is 14.8 Å². The molecule has 1 fully saturated rings. The van der Waals surface area contributed by atoms with Crippen molar-refractivity contribution < 1.29 is 14.8 Å². The average molecular weight is 248 g/mol. The molecule has 1 aliphatic heterocycles. The minimum Gasteiger partial charge on any atom is -0.327 e. The van der Waals surface area contributed by atoms with E-state index in [9.17, 15) is 14.8 Å². The molecule has 18 heavy (non-hydrogen) atoms. The van der Waals surface area contributed by atoms with Crippen LogP contribution in [0.4, 0.5) is 0 Å². The Morgan fingerprint density at radius 1 is 1.28 bits per heavy atom. The molecule has 5 nitrogen and oxygen atoms in total. The summed E-state index contributed by atoms with van der Waals surface area (Å²) in [7, 11) is 0. The number of rotatable bonds is 2. The van der Waals surface area contributed by atoms with Gasteiger partial charge in [0.1, 0.15) is 12.6 Å². The number of piperazine rings is 1. The Labute approximate surface area is 106 Å². The maximum atomic E-state index is 11.9. The van der Waals surface area contributed by atoms with Gasteiger partial charge in [-0.25, -0.2) is 5.06 Å². The molecule has 0 radical (unpaired) electrons. The summed E-state index contributed by atoms with van der Waals surface area (Å²) in [6.07, 6.45) is 0. The molecule has 0 aromatic heterocycles. The summed E-state index contributed by atoms with van der Waals surface area (Å²) < 4.78 is 0. The van der Waals surface area contributed by atoms with Crippen molar-refractivity contribution in [2.45, 2.75) is 26.4 Å². The summed E-state index contributed by atoms with van der Waals surface area (Å²) in [6.45, 7) is 3.82. The first-order valence-corrected chi connectivity index (χ1v) is 5.84. The molecule has 1 unspecified atom stereocenters. The van der Waals surface area contributed by atoms with Crippen LogP contribution in [0.25, 0.3) is 0 Å². The van der Waals surface area contributed by atoms with Gasteiger partial charge in [0.25, 0.3) is 5.91 Å². The summed E-state index contributed by atoms with van der Waals surface area (Å²) in [5.74, 6) is -0.688. The Morgan fingerprint density at radius 2 is 1.89 bits per heavy atom. The molecule has 1 aliphatic rings. The number of carbonyl (C=O) groups is 2. The second-order valence-corrected chi connectivity index (χ2v) is 4.59. The standard InChI is InChI=1S/C13H16N2O3/c1-9-3-5-11(6-4-9)7-14-8-12(16)15(18)10(2)13(14)17/h3-6,10,18H,7-8H2,1-2H3. The molecule has 0 spiro atoms. The smallest absolute Gasteiger partial charge is 0.266 e. The average Bonchev–Trinajstić information content (AvgIpc) is 2.36. The van der Waals surface area contributed by atoms with Gasteiger partial charge in [0, 0.05) is 6.54 Å². The van der Waals surface area contributed by atoms with E-state index < -0.39 is 11.9 Å². The molecule has 1 heterocycles. The predicted molar refractivity (Wildman–Crippen MR) is 64.7 cm³/mol. The van der Waals surface area contributed by atoms with Crippen molar-refractivity contribution in [1.29, 1.82) is 0 Å². The quantitative estimate of drug-likeness (QED) is 0.792. The molecule has 1 aromatic carbocycles. The van der Waals surface area contributed by atoms with Crippen molar-refractivity contribution in [3.05, 3.63) is 35.4 Å². The number of amides is 2. The Hall–Kier alpha value is -1.88. The van der Waals surface area contributed by atoms with Crippen molar-refractivity contribution in [2.24, 2.45) is 0 Å². The van der Waals surface area contributed by atoms with Crippen LogP contribution in [0.2, 0.25) is 0 Å². The summed E-state index contributed by atoms with van der Waals surface area (Å²) in [4.78, 5) is 24.9. The Morgan fingerprint density at radius 3 is 2.50 bits per heavy atom. The molecule has 96 valence electrons. The van der Waals surface area contributed by atoms with Gasteiger partial charge >= 0.3 is 0 Å². The lowest BCUT2D eigenvalue weighted by Crippen LogP contribution is -2.57. The molecule has 1 N–H and O–H groups in total.